The van der Waals surface area contributed by atoms with Gasteiger partial charge in [0, 0.05) is 44.0 Å². The van der Waals surface area contributed by atoms with Crippen LogP contribution in [0.2, 0.25) is 0 Å². The summed E-state index contributed by atoms with van der Waals surface area (Å²) in [5.74, 6) is -0.439. The number of nitrogens with one attached hydrogen (secondary N) is 1. The van der Waals surface area contributed by atoms with Gasteiger partial charge in [-0.05, 0) is 46.6 Å². The first-order valence-corrected chi connectivity index (χ1v) is 8.74. The van der Waals surface area contributed by atoms with Gasteiger partial charge < -0.3 is 19.7 Å². The maximum absolute atomic E-state index is 12.5. The first kappa shape index (κ1) is 17.6. The first-order chi connectivity index (χ1) is 12.1. The Hall–Kier alpha value is -2.19. The van der Waals surface area contributed by atoms with Crippen LogP contribution in [0.5, 0.6) is 0 Å². The third-order valence-corrected chi connectivity index (χ3v) is 4.71. The van der Waals surface area contributed by atoms with Crippen molar-refractivity contribution in [3.63, 3.8) is 0 Å². The average Bonchev–Trinajstić information content (AvgIpc) is 3.08. The smallest absolute Gasteiger partial charge is 0.289 e. The van der Waals surface area contributed by atoms with E-state index in [4.69, 9.17) is 4.42 Å². The standard InChI is InChI=1S/C17H18BrN3O4/c18-15-4-3-14(25-15)17(24)21-7-5-13(12(9-21)10-22)20-16(23)11-2-1-6-19-8-11/h1-4,6,8,12-13,22H,5,7,9-10H2,(H,20,23)/t12-,13-/m1/s1. The maximum Gasteiger partial charge on any atom is 0.289 e. The van der Waals surface area contributed by atoms with Crippen molar-refractivity contribution in [2.75, 3.05) is 19.7 Å². The highest BCUT2D eigenvalue weighted by Gasteiger charge is 2.33. The summed E-state index contributed by atoms with van der Waals surface area (Å²) in [6, 6.07) is 6.45. The van der Waals surface area contributed by atoms with E-state index in [1.165, 1.54) is 6.20 Å². The van der Waals surface area contributed by atoms with Gasteiger partial charge in [0.05, 0.1) is 5.56 Å². The molecule has 1 aliphatic rings. The number of hydrogen-bond acceptors (Lipinski definition) is 5. The number of aliphatic hydroxyl groups is 1. The fraction of sp³-hybridized carbons (Fsp3) is 0.353. The van der Waals surface area contributed by atoms with E-state index >= 15 is 0 Å². The average molecular weight is 408 g/mol. The van der Waals surface area contributed by atoms with Crippen molar-refractivity contribution < 1.29 is 19.1 Å². The van der Waals surface area contributed by atoms with Crippen LogP contribution in [0.15, 0.2) is 45.7 Å². The Bertz CT molecular complexity index is 749. The van der Waals surface area contributed by atoms with Crippen molar-refractivity contribution >= 4 is 27.7 Å². The molecule has 1 aliphatic heterocycles. The molecule has 1 saturated heterocycles. The lowest BCUT2D eigenvalue weighted by molar-refractivity contribution is 0.0507. The second-order valence-corrected chi connectivity index (χ2v) is 6.69. The van der Waals surface area contributed by atoms with E-state index in [9.17, 15) is 14.7 Å². The molecule has 2 aromatic heterocycles. The molecule has 1 fully saturated rings. The molecule has 2 N–H and O–H groups in total. The van der Waals surface area contributed by atoms with Crippen molar-refractivity contribution in [2.24, 2.45) is 5.92 Å². The zero-order chi connectivity index (χ0) is 17.8. The third-order valence-electron chi connectivity index (χ3n) is 4.28. The van der Waals surface area contributed by atoms with Crippen molar-refractivity contribution in [3.05, 3.63) is 52.7 Å². The van der Waals surface area contributed by atoms with Gasteiger partial charge >= 0.3 is 0 Å². The number of carbonyl (C=O) groups excluding carboxylic acids is 2. The van der Waals surface area contributed by atoms with Crippen molar-refractivity contribution in [1.29, 1.82) is 0 Å². The molecule has 0 unspecified atom stereocenters. The van der Waals surface area contributed by atoms with E-state index in [0.717, 1.165) is 0 Å². The number of likely N-dealkylation sites (tertiary alicyclic amines) is 1. The minimum Gasteiger partial charge on any atom is -0.444 e. The monoisotopic (exact) mass is 407 g/mol. The highest BCUT2D eigenvalue weighted by atomic mass is 79.9. The lowest BCUT2D eigenvalue weighted by atomic mass is 9.92. The van der Waals surface area contributed by atoms with Crippen LogP contribution >= 0.6 is 15.9 Å². The van der Waals surface area contributed by atoms with Gasteiger partial charge in [-0.2, -0.15) is 0 Å². The number of furan rings is 1. The molecule has 3 heterocycles. The number of piperidine rings is 1. The first-order valence-electron chi connectivity index (χ1n) is 7.95. The number of pyridine rings is 1. The minimum atomic E-state index is -0.239. The molecule has 2 atom stereocenters. The second kappa shape index (κ2) is 7.79. The van der Waals surface area contributed by atoms with Crippen molar-refractivity contribution in [2.45, 2.75) is 12.5 Å². The molecule has 0 spiro atoms. The number of aromatic nitrogens is 1. The molecule has 25 heavy (non-hydrogen) atoms. The van der Waals surface area contributed by atoms with E-state index in [2.05, 4.69) is 26.2 Å². The van der Waals surface area contributed by atoms with E-state index in [1.54, 1.807) is 35.4 Å². The summed E-state index contributed by atoms with van der Waals surface area (Å²) in [4.78, 5) is 30.3. The summed E-state index contributed by atoms with van der Waals surface area (Å²) in [6.07, 6.45) is 3.66. The molecule has 2 aromatic rings. The van der Waals surface area contributed by atoms with Crippen molar-refractivity contribution in [3.8, 4) is 0 Å². The largest absolute Gasteiger partial charge is 0.444 e. The molecule has 0 saturated carbocycles. The highest BCUT2D eigenvalue weighted by molar-refractivity contribution is 9.10. The Morgan fingerprint density at radius 1 is 1.40 bits per heavy atom. The number of aliphatic hydroxyl groups excluding tert-OH is 1. The van der Waals surface area contributed by atoms with Gasteiger partial charge in [-0.15, -0.1) is 0 Å². The molecule has 0 aromatic carbocycles. The molecule has 0 aliphatic carbocycles. The van der Waals surface area contributed by atoms with Gasteiger partial charge in [0.2, 0.25) is 0 Å². The predicted molar refractivity (Wildman–Crippen MR) is 93.0 cm³/mol. The van der Waals surface area contributed by atoms with Gasteiger partial charge in [0.25, 0.3) is 11.8 Å². The fourth-order valence-electron chi connectivity index (χ4n) is 2.93. The van der Waals surface area contributed by atoms with E-state index in [1.807, 2.05) is 0 Å². The SMILES string of the molecule is O=C(N[C@@H]1CCN(C(=O)c2ccc(Br)o2)C[C@@H]1CO)c1cccnc1. The van der Waals surface area contributed by atoms with Gasteiger partial charge in [-0.3, -0.25) is 14.6 Å². The number of nitrogens with zero attached hydrogens (tertiary/aromatic N) is 2. The van der Waals surface area contributed by atoms with Crippen LogP contribution in [0.4, 0.5) is 0 Å². The number of halogens is 1. The van der Waals surface area contributed by atoms with Crippen LogP contribution in [-0.4, -0.2) is 52.5 Å². The summed E-state index contributed by atoms with van der Waals surface area (Å²) in [5, 5.41) is 12.6. The van der Waals surface area contributed by atoms with Gasteiger partial charge in [-0.25, -0.2) is 0 Å². The normalized spacial score (nSPS) is 20.3. The van der Waals surface area contributed by atoms with E-state index in [0.29, 0.717) is 29.7 Å². The molecule has 0 radical (unpaired) electrons. The quantitative estimate of drug-likeness (QED) is 0.803. The molecule has 0 bridgehead atoms. The number of carbonyl (C=O) groups is 2. The van der Waals surface area contributed by atoms with Crippen molar-refractivity contribution in [1.82, 2.24) is 15.2 Å². The molecule has 2 amide bonds. The summed E-state index contributed by atoms with van der Waals surface area (Å²) < 4.78 is 5.80. The zero-order valence-electron chi connectivity index (χ0n) is 13.4. The maximum atomic E-state index is 12.5. The summed E-state index contributed by atoms with van der Waals surface area (Å²) in [5.41, 5.74) is 0.470. The van der Waals surface area contributed by atoms with Crippen LogP contribution in [0.3, 0.4) is 0 Å². The lowest BCUT2D eigenvalue weighted by Gasteiger charge is -2.37. The van der Waals surface area contributed by atoms with E-state index in [-0.39, 0.29) is 36.1 Å². The molecule has 132 valence electrons. The van der Waals surface area contributed by atoms with Crippen LogP contribution in [0.1, 0.15) is 27.3 Å². The Balaban J connectivity index is 1.63. The fourth-order valence-corrected chi connectivity index (χ4v) is 3.23. The molecule has 8 heteroatoms. The predicted octanol–water partition coefficient (Wildman–Crippen LogP) is 1.69. The van der Waals surface area contributed by atoms with Gasteiger partial charge in [-0.1, -0.05) is 0 Å². The summed E-state index contributed by atoms with van der Waals surface area (Å²) in [7, 11) is 0. The topological polar surface area (TPSA) is 95.7 Å². The lowest BCUT2D eigenvalue weighted by Crippen LogP contribution is -2.53. The highest BCUT2D eigenvalue weighted by Crippen LogP contribution is 2.22. The minimum absolute atomic E-state index is 0.121. The number of rotatable bonds is 4. The Labute approximate surface area is 153 Å². The number of amides is 2. The summed E-state index contributed by atoms with van der Waals surface area (Å²) >= 11 is 3.18. The molecular weight excluding hydrogens is 390 g/mol. The van der Waals surface area contributed by atoms with Crippen LogP contribution in [0.25, 0.3) is 0 Å². The zero-order valence-corrected chi connectivity index (χ0v) is 15.0. The van der Waals surface area contributed by atoms with Crippen LogP contribution in [-0.2, 0) is 0 Å². The third kappa shape index (κ3) is 4.08. The number of hydrogen-bond donors (Lipinski definition) is 2. The molecule has 3 rings (SSSR count). The Kier molecular flexibility index (Phi) is 5.50. The van der Waals surface area contributed by atoms with Gasteiger partial charge in [0.1, 0.15) is 0 Å². The van der Waals surface area contributed by atoms with E-state index < -0.39 is 0 Å². The molecular formula is C17H18BrN3O4. The van der Waals surface area contributed by atoms with Gasteiger partial charge in [0.15, 0.2) is 10.4 Å². The second-order valence-electron chi connectivity index (χ2n) is 5.91. The molecule has 7 nitrogen and oxygen atoms in total. The Morgan fingerprint density at radius 3 is 2.88 bits per heavy atom. The van der Waals surface area contributed by atoms with Crippen LogP contribution in [0, 0.1) is 5.92 Å². The van der Waals surface area contributed by atoms with Crippen LogP contribution < -0.4 is 5.32 Å². The Morgan fingerprint density at radius 2 is 2.24 bits per heavy atom. The summed E-state index contributed by atoms with van der Waals surface area (Å²) in [6.45, 7) is 0.709.